The Hall–Kier alpha value is -2.10. The van der Waals surface area contributed by atoms with Crippen molar-refractivity contribution in [1.29, 1.82) is 0 Å². The molecule has 16 heavy (non-hydrogen) atoms. The molecule has 0 saturated carbocycles. The summed E-state index contributed by atoms with van der Waals surface area (Å²) in [4.78, 5) is 8.38. The van der Waals surface area contributed by atoms with Crippen molar-refractivity contribution in [2.75, 3.05) is 11.1 Å². The average Bonchev–Trinajstić information content (AvgIpc) is 2.32. The second-order valence-corrected chi connectivity index (χ2v) is 3.59. The zero-order valence-electron chi connectivity index (χ0n) is 9.14. The number of nitrogens with zero attached hydrogens (tertiary/aromatic N) is 2. The summed E-state index contributed by atoms with van der Waals surface area (Å²) in [5, 5.41) is 3.22. The SMILES string of the molecule is Cc1nc(NCc2cccnc2)ccc1N. The van der Waals surface area contributed by atoms with Crippen LogP contribution in [0.2, 0.25) is 0 Å². The fourth-order valence-electron chi connectivity index (χ4n) is 1.37. The van der Waals surface area contributed by atoms with Gasteiger partial charge in [-0.25, -0.2) is 4.98 Å². The maximum Gasteiger partial charge on any atom is 0.126 e. The van der Waals surface area contributed by atoms with E-state index in [0.29, 0.717) is 12.2 Å². The van der Waals surface area contributed by atoms with E-state index in [0.717, 1.165) is 17.1 Å². The molecule has 0 radical (unpaired) electrons. The summed E-state index contributed by atoms with van der Waals surface area (Å²) in [6, 6.07) is 7.66. The van der Waals surface area contributed by atoms with Crippen LogP contribution in [0.3, 0.4) is 0 Å². The van der Waals surface area contributed by atoms with Crippen LogP contribution in [-0.2, 0) is 6.54 Å². The van der Waals surface area contributed by atoms with E-state index in [1.165, 1.54) is 0 Å². The molecule has 0 atom stereocenters. The number of rotatable bonds is 3. The average molecular weight is 214 g/mol. The first-order valence-corrected chi connectivity index (χ1v) is 5.11. The lowest BCUT2D eigenvalue weighted by Crippen LogP contribution is -2.03. The fourth-order valence-corrected chi connectivity index (χ4v) is 1.37. The van der Waals surface area contributed by atoms with Crippen LogP contribution < -0.4 is 11.1 Å². The molecular weight excluding hydrogens is 200 g/mol. The normalized spacial score (nSPS) is 10.1. The molecule has 0 spiro atoms. The third-order valence-electron chi connectivity index (χ3n) is 2.32. The van der Waals surface area contributed by atoms with Crippen LogP contribution in [0.25, 0.3) is 0 Å². The number of aryl methyl sites for hydroxylation is 1. The first-order valence-electron chi connectivity index (χ1n) is 5.11. The van der Waals surface area contributed by atoms with Gasteiger partial charge in [0.05, 0.1) is 11.4 Å². The number of aromatic nitrogens is 2. The lowest BCUT2D eigenvalue weighted by atomic mass is 10.3. The maximum atomic E-state index is 5.70. The van der Waals surface area contributed by atoms with Crippen molar-refractivity contribution in [3.8, 4) is 0 Å². The van der Waals surface area contributed by atoms with E-state index >= 15 is 0 Å². The molecule has 2 aromatic heterocycles. The number of pyridine rings is 2. The van der Waals surface area contributed by atoms with Gasteiger partial charge in [-0.1, -0.05) is 6.07 Å². The Morgan fingerprint density at radius 1 is 1.31 bits per heavy atom. The fraction of sp³-hybridized carbons (Fsp3) is 0.167. The molecule has 2 aromatic rings. The van der Waals surface area contributed by atoms with Gasteiger partial charge in [0.1, 0.15) is 5.82 Å². The molecular formula is C12H14N4. The van der Waals surface area contributed by atoms with Gasteiger partial charge in [-0.15, -0.1) is 0 Å². The molecule has 2 heterocycles. The van der Waals surface area contributed by atoms with Crippen molar-refractivity contribution >= 4 is 11.5 Å². The third kappa shape index (κ3) is 2.48. The van der Waals surface area contributed by atoms with Crippen molar-refractivity contribution in [2.24, 2.45) is 0 Å². The molecule has 4 heteroatoms. The highest BCUT2D eigenvalue weighted by Crippen LogP contribution is 2.12. The van der Waals surface area contributed by atoms with Gasteiger partial charge in [0.25, 0.3) is 0 Å². The smallest absolute Gasteiger partial charge is 0.126 e. The Balaban J connectivity index is 2.03. The van der Waals surface area contributed by atoms with E-state index in [4.69, 9.17) is 5.73 Å². The molecule has 82 valence electrons. The van der Waals surface area contributed by atoms with Crippen molar-refractivity contribution in [3.63, 3.8) is 0 Å². The van der Waals surface area contributed by atoms with Gasteiger partial charge in [0.15, 0.2) is 0 Å². The van der Waals surface area contributed by atoms with Gasteiger partial charge in [0.2, 0.25) is 0 Å². The third-order valence-corrected chi connectivity index (χ3v) is 2.32. The molecule has 0 aromatic carbocycles. The number of nitrogens with two attached hydrogens (primary N) is 1. The van der Waals surface area contributed by atoms with Crippen molar-refractivity contribution in [1.82, 2.24) is 9.97 Å². The second-order valence-electron chi connectivity index (χ2n) is 3.59. The number of hydrogen-bond donors (Lipinski definition) is 2. The quantitative estimate of drug-likeness (QED) is 0.820. The van der Waals surface area contributed by atoms with Crippen LogP contribution in [-0.4, -0.2) is 9.97 Å². The number of hydrogen-bond acceptors (Lipinski definition) is 4. The zero-order chi connectivity index (χ0) is 11.4. The van der Waals surface area contributed by atoms with E-state index in [9.17, 15) is 0 Å². The number of nitrogen functional groups attached to an aromatic ring is 1. The molecule has 0 fully saturated rings. The topological polar surface area (TPSA) is 63.8 Å². The van der Waals surface area contributed by atoms with Crippen LogP contribution >= 0.6 is 0 Å². The standard InChI is InChI=1S/C12H14N4/c1-9-11(13)4-5-12(16-9)15-8-10-3-2-6-14-7-10/h2-7H,8,13H2,1H3,(H,15,16). The molecule has 0 unspecified atom stereocenters. The van der Waals surface area contributed by atoms with E-state index in [-0.39, 0.29) is 0 Å². The minimum absolute atomic E-state index is 0.712. The number of anilines is 2. The maximum absolute atomic E-state index is 5.70. The lowest BCUT2D eigenvalue weighted by Gasteiger charge is -2.07. The van der Waals surface area contributed by atoms with Crippen LogP contribution in [0.15, 0.2) is 36.7 Å². The summed E-state index contributed by atoms with van der Waals surface area (Å²) in [5.41, 5.74) is 8.38. The van der Waals surface area contributed by atoms with E-state index in [1.54, 1.807) is 6.20 Å². The van der Waals surface area contributed by atoms with E-state index in [2.05, 4.69) is 15.3 Å². The van der Waals surface area contributed by atoms with Gasteiger partial charge in [0, 0.05) is 18.9 Å². The summed E-state index contributed by atoms with van der Waals surface area (Å²) in [7, 11) is 0. The summed E-state index contributed by atoms with van der Waals surface area (Å²) in [6.45, 7) is 2.61. The van der Waals surface area contributed by atoms with E-state index < -0.39 is 0 Å². The Morgan fingerprint density at radius 2 is 2.19 bits per heavy atom. The molecule has 0 saturated heterocycles. The molecule has 2 rings (SSSR count). The molecule has 0 aliphatic heterocycles. The van der Waals surface area contributed by atoms with Crippen molar-refractivity contribution in [3.05, 3.63) is 47.9 Å². The minimum atomic E-state index is 0.712. The predicted molar refractivity (Wildman–Crippen MR) is 65.0 cm³/mol. The molecule has 0 aliphatic rings. The van der Waals surface area contributed by atoms with Crippen LogP contribution in [0.5, 0.6) is 0 Å². The Kier molecular flexibility index (Phi) is 3.00. The van der Waals surface area contributed by atoms with Gasteiger partial charge in [-0.05, 0) is 30.7 Å². The van der Waals surface area contributed by atoms with Crippen LogP contribution in [0.1, 0.15) is 11.3 Å². The van der Waals surface area contributed by atoms with Gasteiger partial charge >= 0.3 is 0 Å². The van der Waals surface area contributed by atoms with Crippen LogP contribution in [0, 0.1) is 6.92 Å². The summed E-state index contributed by atoms with van der Waals surface area (Å²) in [6.07, 6.45) is 3.59. The molecule has 0 aliphatic carbocycles. The molecule has 4 nitrogen and oxygen atoms in total. The summed E-state index contributed by atoms with van der Waals surface area (Å²) >= 11 is 0. The van der Waals surface area contributed by atoms with Crippen LogP contribution in [0.4, 0.5) is 11.5 Å². The first kappa shape index (κ1) is 10.4. The van der Waals surface area contributed by atoms with Crippen molar-refractivity contribution < 1.29 is 0 Å². The van der Waals surface area contributed by atoms with Gasteiger partial charge < -0.3 is 11.1 Å². The van der Waals surface area contributed by atoms with Gasteiger partial charge in [-0.2, -0.15) is 0 Å². The highest BCUT2D eigenvalue weighted by molar-refractivity contribution is 5.49. The molecule has 3 N–H and O–H groups in total. The minimum Gasteiger partial charge on any atom is -0.397 e. The van der Waals surface area contributed by atoms with E-state index in [1.807, 2.05) is 37.4 Å². The monoisotopic (exact) mass is 214 g/mol. The first-order chi connectivity index (χ1) is 7.75. The Morgan fingerprint density at radius 3 is 2.88 bits per heavy atom. The predicted octanol–water partition coefficient (Wildman–Crippen LogP) is 1.98. The lowest BCUT2D eigenvalue weighted by molar-refractivity contribution is 1.07. The summed E-state index contributed by atoms with van der Waals surface area (Å²) < 4.78 is 0. The van der Waals surface area contributed by atoms with Crippen molar-refractivity contribution in [2.45, 2.75) is 13.5 Å². The van der Waals surface area contributed by atoms with Gasteiger partial charge in [-0.3, -0.25) is 4.98 Å². The zero-order valence-corrected chi connectivity index (χ0v) is 9.14. The molecule has 0 amide bonds. The molecule has 0 bridgehead atoms. The second kappa shape index (κ2) is 4.61. The number of nitrogens with one attached hydrogen (secondary N) is 1. The highest BCUT2D eigenvalue weighted by atomic mass is 15.0. The summed E-state index contributed by atoms with van der Waals surface area (Å²) in [5.74, 6) is 0.829. The highest BCUT2D eigenvalue weighted by Gasteiger charge is 1.98. The largest absolute Gasteiger partial charge is 0.397 e. The Labute approximate surface area is 94.5 Å². The Bertz CT molecular complexity index is 468.